The first kappa shape index (κ1) is 14.3. The molecule has 0 unspecified atom stereocenters. The fourth-order valence-corrected chi connectivity index (χ4v) is 3.24. The van der Waals surface area contributed by atoms with E-state index < -0.39 is 0 Å². The molecule has 0 saturated heterocycles. The zero-order chi connectivity index (χ0) is 13.7. The Labute approximate surface area is 117 Å². The lowest BCUT2D eigenvalue weighted by molar-refractivity contribution is 0.0950. The van der Waals surface area contributed by atoms with Crippen LogP contribution in [0.2, 0.25) is 0 Å². The summed E-state index contributed by atoms with van der Waals surface area (Å²) in [4.78, 5) is 12.4. The topological polar surface area (TPSA) is 17.1 Å². The number of Topliss-reactive ketones (excluding diaryl/α,β-unsaturated/α-hetero) is 1. The Balaban J connectivity index is 2.05. The predicted molar refractivity (Wildman–Crippen MR) is 80.7 cm³/mol. The molecule has 1 aromatic carbocycles. The maximum absolute atomic E-state index is 12.4. The van der Waals surface area contributed by atoms with Gasteiger partial charge in [-0.25, -0.2) is 0 Å². The van der Waals surface area contributed by atoms with E-state index in [4.69, 9.17) is 0 Å². The fourth-order valence-electron chi connectivity index (χ4n) is 3.24. The number of aryl methyl sites for hydroxylation is 2. The molecule has 1 nitrogen and oxygen atoms in total. The van der Waals surface area contributed by atoms with Gasteiger partial charge in [0, 0.05) is 12.0 Å². The van der Waals surface area contributed by atoms with Gasteiger partial charge in [0.25, 0.3) is 0 Å². The lowest BCUT2D eigenvalue weighted by Crippen LogP contribution is -2.12. The van der Waals surface area contributed by atoms with Gasteiger partial charge in [-0.2, -0.15) is 0 Å². The molecule has 0 bridgehead atoms. The Morgan fingerprint density at radius 1 is 1.05 bits per heavy atom. The highest BCUT2D eigenvalue weighted by atomic mass is 16.1. The molecule has 0 N–H and O–H groups in total. The van der Waals surface area contributed by atoms with E-state index in [2.05, 4.69) is 26.0 Å². The van der Waals surface area contributed by atoms with E-state index in [1.54, 1.807) is 0 Å². The number of hydrogen-bond acceptors (Lipinski definition) is 1. The molecule has 0 spiro atoms. The van der Waals surface area contributed by atoms with Crippen LogP contribution < -0.4 is 0 Å². The molecule has 1 aliphatic rings. The Bertz CT molecular complexity index is 427. The van der Waals surface area contributed by atoms with E-state index in [9.17, 15) is 4.79 Å². The van der Waals surface area contributed by atoms with Crippen molar-refractivity contribution in [3.63, 3.8) is 0 Å². The molecule has 19 heavy (non-hydrogen) atoms. The quantitative estimate of drug-likeness (QED) is 0.682. The van der Waals surface area contributed by atoms with Gasteiger partial charge in [0.05, 0.1) is 0 Å². The zero-order valence-corrected chi connectivity index (χ0v) is 12.4. The first-order valence-corrected chi connectivity index (χ1v) is 7.89. The van der Waals surface area contributed by atoms with Crippen molar-refractivity contribution in [3.8, 4) is 0 Å². The van der Waals surface area contributed by atoms with Gasteiger partial charge in [-0.15, -0.1) is 0 Å². The summed E-state index contributed by atoms with van der Waals surface area (Å²) in [5.74, 6) is 0.987. The number of benzene rings is 1. The molecule has 0 aliphatic heterocycles. The number of carbonyl (C=O) groups is 1. The van der Waals surface area contributed by atoms with Crippen molar-refractivity contribution in [2.24, 2.45) is 5.92 Å². The van der Waals surface area contributed by atoms with E-state index >= 15 is 0 Å². The summed E-state index contributed by atoms with van der Waals surface area (Å²) in [6, 6.07) is 6.31. The Morgan fingerprint density at radius 3 is 2.37 bits per heavy atom. The molecule has 0 aromatic heterocycles. The molecule has 0 atom stereocenters. The minimum absolute atomic E-state index is 0.351. The van der Waals surface area contributed by atoms with Crippen LogP contribution in [0.4, 0.5) is 0 Å². The van der Waals surface area contributed by atoms with Crippen LogP contribution in [0.5, 0.6) is 0 Å². The van der Waals surface area contributed by atoms with Crippen molar-refractivity contribution in [3.05, 3.63) is 34.9 Å². The first-order valence-electron chi connectivity index (χ1n) is 7.89. The van der Waals surface area contributed by atoms with Gasteiger partial charge in [-0.3, -0.25) is 4.79 Å². The zero-order valence-electron chi connectivity index (χ0n) is 12.4. The van der Waals surface area contributed by atoms with Crippen molar-refractivity contribution >= 4 is 5.78 Å². The summed E-state index contributed by atoms with van der Waals surface area (Å²) in [5, 5.41) is 0. The highest BCUT2D eigenvalue weighted by molar-refractivity contribution is 5.96. The minimum Gasteiger partial charge on any atom is -0.294 e. The van der Waals surface area contributed by atoms with Crippen molar-refractivity contribution in [2.45, 2.75) is 65.2 Å². The van der Waals surface area contributed by atoms with E-state index in [0.717, 1.165) is 24.8 Å². The largest absolute Gasteiger partial charge is 0.294 e. The van der Waals surface area contributed by atoms with E-state index in [0.29, 0.717) is 11.7 Å². The van der Waals surface area contributed by atoms with Crippen molar-refractivity contribution in [1.82, 2.24) is 0 Å². The lowest BCUT2D eigenvalue weighted by atomic mass is 9.84. The summed E-state index contributed by atoms with van der Waals surface area (Å²) in [6.45, 7) is 4.35. The minimum atomic E-state index is 0.351. The normalized spacial score (nSPS) is 16.5. The summed E-state index contributed by atoms with van der Waals surface area (Å²) in [5.41, 5.74) is 3.66. The van der Waals surface area contributed by atoms with Gasteiger partial charge < -0.3 is 0 Å². The molecule has 2 rings (SSSR count). The number of rotatable bonds is 5. The second kappa shape index (κ2) is 6.88. The second-order valence-corrected chi connectivity index (χ2v) is 5.82. The number of carbonyl (C=O) groups excluding carboxylic acids is 1. The Hall–Kier alpha value is -1.11. The van der Waals surface area contributed by atoms with E-state index in [-0.39, 0.29) is 0 Å². The molecule has 104 valence electrons. The molecule has 1 fully saturated rings. The summed E-state index contributed by atoms with van der Waals surface area (Å²) >= 11 is 0. The first-order chi connectivity index (χ1) is 9.24. The second-order valence-electron chi connectivity index (χ2n) is 5.82. The SMILES string of the molecule is CCc1ccc(C(=O)CC2CCCCC2)cc1CC. The summed E-state index contributed by atoms with van der Waals surface area (Å²) < 4.78 is 0. The van der Waals surface area contributed by atoms with E-state index in [1.807, 2.05) is 6.07 Å². The molecule has 1 aliphatic carbocycles. The predicted octanol–water partition coefficient (Wildman–Crippen LogP) is 4.96. The molecule has 1 saturated carbocycles. The smallest absolute Gasteiger partial charge is 0.163 e. The third-order valence-electron chi connectivity index (χ3n) is 4.49. The van der Waals surface area contributed by atoms with Crippen molar-refractivity contribution in [2.75, 3.05) is 0 Å². The van der Waals surface area contributed by atoms with Crippen LogP contribution >= 0.6 is 0 Å². The molecular weight excluding hydrogens is 232 g/mol. The summed E-state index contributed by atoms with van der Waals surface area (Å²) in [7, 11) is 0. The highest BCUT2D eigenvalue weighted by Crippen LogP contribution is 2.28. The van der Waals surface area contributed by atoms with Crippen LogP contribution in [0.25, 0.3) is 0 Å². The lowest BCUT2D eigenvalue weighted by Gasteiger charge is -2.20. The van der Waals surface area contributed by atoms with Gasteiger partial charge >= 0.3 is 0 Å². The average molecular weight is 258 g/mol. The van der Waals surface area contributed by atoms with Gasteiger partial charge in [-0.1, -0.05) is 58.1 Å². The van der Waals surface area contributed by atoms with E-state index in [1.165, 1.54) is 43.2 Å². The number of ketones is 1. The van der Waals surface area contributed by atoms with Crippen molar-refractivity contribution < 1.29 is 4.79 Å². The Morgan fingerprint density at radius 2 is 1.74 bits per heavy atom. The molecule has 0 radical (unpaired) electrons. The van der Waals surface area contributed by atoms with Crippen LogP contribution in [0.1, 0.15) is 73.9 Å². The third kappa shape index (κ3) is 3.68. The van der Waals surface area contributed by atoms with Gasteiger partial charge in [0.2, 0.25) is 0 Å². The van der Waals surface area contributed by atoms with Crippen molar-refractivity contribution in [1.29, 1.82) is 0 Å². The van der Waals surface area contributed by atoms with Crippen LogP contribution in [0.15, 0.2) is 18.2 Å². The van der Waals surface area contributed by atoms with Gasteiger partial charge in [-0.05, 0) is 36.0 Å². The molecular formula is C18H26O. The molecule has 0 amide bonds. The fraction of sp³-hybridized carbons (Fsp3) is 0.611. The molecule has 1 aromatic rings. The standard InChI is InChI=1S/C18H26O/c1-3-15-10-11-17(13-16(15)4-2)18(19)12-14-8-6-5-7-9-14/h10-11,13-14H,3-9,12H2,1-2H3. The maximum Gasteiger partial charge on any atom is 0.163 e. The van der Waals surface area contributed by atoms with Gasteiger partial charge in [0.1, 0.15) is 0 Å². The average Bonchev–Trinajstić information content (AvgIpc) is 2.47. The highest BCUT2D eigenvalue weighted by Gasteiger charge is 2.18. The van der Waals surface area contributed by atoms with Crippen LogP contribution in [0, 0.1) is 5.92 Å². The molecule has 1 heteroatoms. The molecule has 0 heterocycles. The van der Waals surface area contributed by atoms with Crippen LogP contribution in [-0.2, 0) is 12.8 Å². The third-order valence-corrected chi connectivity index (χ3v) is 4.49. The van der Waals surface area contributed by atoms with Crippen LogP contribution in [-0.4, -0.2) is 5.78 Å². The summed E-state index contributed by atoms with van der Waals surface area (Å²) in [6.07, 6.45) is 9.32. The van der Waals surface area contributed by atoms with Gasteiger partial charge in [0.15, 0.2) is 5.78 Å². The Kier molecular flexibility index (Phi) is 5.18. The monoisotopic (exact) mass is 258 g/mol. The van der Waals surface area contributed by atoms with Crippen LogP contribution in [0.3, 0.4) is 0 Å². The number of hydrogen-bond donors (Lipinski definition) is 0. The maximum atomic E-state index is 12.4.